The number of fused-ring (bicyclic) bond motifs is 1. The van der Waals surface area contributed by atoms with Crippen LogP contribution in [0, 0.1) is 23.6 Å². The number of benzene rings is 1. The summed E-state index contributed by atoms with van der Waals surface area (Å²) in [4.78, 5) is 16.5. The van der Waals surface area contributed by atoms with Gasteiger partial charge in [-0.1, -0.05) is 18.2 Å². The molecule has 2 saturated carbocycles. The zero-order valence-electron chi connectivity index (χ0n) is 17.3. The van der Waals surface area contributed by atoms with Crippen molar-refractivity contribution in [3.8, 4) is 11.1 Å². The number of carbonyl (C=O) groups is 1. The molecule has 5 rings (SSSR count). The summed E-state index contributed by atoms with van der Waals surface area (Å²) < 4.78 is 47.4. The average Bonchev–Trinajstić information content (AvgIpc) is 3.24. The molecule has 164 valence electrons. The number of hydrogen-bond acceptors (Lipinski definition) is 3. The molecule has 3 fully saturated rings. The molecule has 0 amide bonds. The molecule has 1 unspecified atom stereocenters. The molecule has 1 spiro atoms. The molecule has 1 aromatic carbocycles. The van der Waals surface area contributed by atoms with Crippen LogP contribution in [0.3, 0.4) is 0 Å². The van der Waals surface area contributed by atoms with E-state index >= 15 is 0 Å². The van der Waals surface area contributed by atoms with Crippen molar-refractivity contribution < 1.29 is 22.7 Å². The summed E-state index contributed by atoms with van der Waals surface area (Å²) in [5, 5.41) is 0. The van der Waals surface area contributed by atoms with Crippen LogP contribution in [-0.2, 0) is 16.0 Å². The Bertz CT molecular complexity index is 977. The van der Waals surface area contributed by atoms with Crippen molar-refractivity contribution in [2.24, 2.45) is 17.8 Å². The van der Waals surface area contributed by atoms with E-state index in [0.717, 1.165) is 23.2 Å². The number of alkyl halides is 2. The summed E-state index contributed by atoms with van der Waals surface area (Å²) in [7, 11) is 0. The van der Waals surface area contributed by atoms with Crippen molar-refractivity contribution in [2.75, 3.05) is 0 Å². The summed E-state index contributed by atoms with van der Waals surface area (Å²) in [6, 6.07) is 10.3. The van der Waals surface area contributed by atoms with Gasteiger partial charge in [0.1, 0.15) is 11.4 Å². The molecular formula is C25H26F3NO2. The van der Waals surface area contributed by atoms with E-state index in [4.69, 9.17) is 4.74 Å². The van der Waals surface area contributed by atoms with Gasteiger partial charge < -0.3 is 4.74 Å². The molecule has 2 aliphatic carbocycles. The fourth-order valence-corrected chi connectivity index (χ4v) is 6.23. The molecule has 1 saturated heterocycles. The highest BCUT2D eigenvalue weighted by Crippen LogP contribution is 2.59. The number of rotatable bonds is 4. The third-order valence-electron chi connectivity index (χ3n) is 7.57. The molecule has 0 radical (unpaired) electrons. The van der Waals surface area contributed by atoms with Crippen molar-refractivity contribution in [1.29, 1.82) is 0 Å². The van der Waals surface area contributed by atoms with Crippen LogP contribution in [0.15, 0.2) is 42.6 Å². The zero-order valence-corrected chi connectivity index (χ0v) is 17.3. The van der Waals surface area contributed by atoms with Gasteiger partial charge in [-0.05, 0) is 67.7 Å². The van der Waals surface area contributed by atoms with Crippen molar-refractivity contribution in [2.45, 2.75) is 62.9 Å². The average molecular weight is 429 g/mol. The second-order valence-electron chi connectivity index (χ2n) is 9.46. The van der Waals surface area contributed by atoms with Gasteiger partial charge in [0.2, 0.25) is 5.92 Å². The minimum Gasteiger partial charge on any atom is -0.459 e. The lowest BCUT2D eigenvalue weighted by Crippen LogP contribution is -2.36. The van der Waals surface area contributed by atoms with E-state index in [-0.39, 0.29) is 42.4 Å². The molecule has 1 aliphatic heterocycles. The maximum absolute atomic E-state index is 14.0. The second kappa shape index (κ2) is 7.64. The smallest absolute Gasteiger partial charge is 0.306 e. The SMILES string of the molecule is O=C1CCC2(C[C@@H]3CC(F)(F)CC[C@H]3[C@@H]2CCc2ccc(-c3cccc(F)c3)cn2)O1. The number of ether oxygens (including phenoxy) is 1. The first-order valence-electron chi connectivity index (χ1n) is 11.1. The van der Waals surface area contributed by atoms with Crippen LogP contribution in [0.1, 0.15) is 50.6 Å². The van der Waals surface area contributed by atoms with E-state index < -0.39 is 11.5 Å². The second-order valence-corrected chi connectivity index (χ2v) is 9.46. The first-order valence-corrected chi connectivity index (χ1v) is 11.1. The number of esters is 1. The largest absolute Gasteiger partial charge is 0.459 e. The molecule has 4 atom stereocenters. The lowest BCUT2D eigenvalue weighted by Gasteiger charge is -2.35. The van der Waals surface area contributed by atoms with Crippen molar-refractivity contribution in [3.63, 3.8) is 0 Å². The van der Waals surface area contributed by atoms with Crippen LogP contribution >= 0.6 is 0 Å². The number of carbonyl (C=O) groups excluding carboxylic acids is 1. The van der Waals surface area contributed by atoms with Gasteiger partial charge in [-0.3, -0.25) is 9.78 Å². The number of aromatic nitrogens is 1. The van der Waals surface area contributed by atoms with Crippen LogP contribution in [0.5, 0.6) is 0 Å². The molecule has 2 aromatic rings. The number of aryl methyl sites for hydroxylation is 1. The molecule has 6 heteroatoms. The van der Waals surface area contributed by atoms with Crippen LogP contribution in [-0.4, -0.2) is 22.5 Å². The van der Waals surface area contributed by atoms with E-state index in [1.54, 1.807) is 12.3 Å². The number of hydrogen-bond donors (Lipinski definition) is 0. The number of halogens is 3. The fourth-order valence-electron chi connectivity index (χ4n) is 6.23. The van der Waals surface area contributed by atoms with Gasteiger partial charge in [-0.2, -0.15) is 0 Å². The van der Waals surface area contributed by atoms with E-state index in [2.05, 4.69) is 4.98 Å². The first-order chi connectivity index (χ1) is 14.8. The lowest BCUT2D eigenvalue weighted by molar-refractivity contribution is -0.152. The van der Waals surface area contributed by atoms with Crippen LogP contribution in [0.25, 0.3) is 11.1 Å². The minimum atomic E-state index is -2.60. The Morgan fingerprint density at radius 3 is 2.68 bits per heavy atom. The van der Waals surface area contributed by atoms with Crippen molar-refractivity contribution in [3.05, 3.63) is 54.1 Å². The predicted molar refractivity (Wildman–Crippen MR) is 110 cm³/mol. The Balaban J connectivity index is 1.31. The summed E-state index contributed by atoms with van der Waals surface area (Å²) >= 11 is 0. The molecule has 3 nitrogen and oxygen atoms in total. The molecule has 1 aromatic heterocycles. The number of pyridine rings is 1. The Labute approximate surface area is 180 Å². The molecular weight excluding hydrogens is 403 g/mol. The summed E-state index contributed by atoms with van der Waals surface area (Å²) in [6.07, 6.45) is 5.13. The molecule has 31 heavy (non-hydrogen) atoms. The zero-order chi connectivity index (χ0) is 21.6. The first kappa shape index (κ1) is 20.5. The van der Waals surface area contributed by atoms with Gasteiger partial charge >= 0.3 is 5.97 Å². The van der Waals surface area contributed by atoms with Crippen molar-refractivity contribution >= 4 is 5.97 Å². The van der Waals surface area contributed by atoms with E-state index in [1.165, 1.54) is 12.1 Å². The number of nitrogens with zero attached hydrogens (tertiary/aromatic N) is 1. The lowest BCUT2D eigenvalue weighted by atomic mass is 9.73. The van der Waals surface area contributed by atoms with Gasteiger partial charge in [-0.15, -0.1) is 0 Å². The van der Waals surface area contributed by atoms with Gasteiger partial charge in [0, 0.05) is 42.6 Å². The highest BCUT2D eigenvalue weighted by molar-refractivity contribution is 5.72. The summed E-state index contributed by atoms with van der Waals surface area (Å²) in [5.41, 5.74) is 1.95. The fraction of sp³-hybridized carbons (Fsp3) is 0.520. The third-order valence-corrected chi connectivity index (χ3v) is 7.57. The topological polar surface area (TPSA) is 39.2 Å². The van der Waals surface area contributed by atoms with Gasteiger partial charge in [0.25, 0.3) is 0 Å². The van der Waals surface area contributed by atoms with Gasteiger partial charge in [-0.25, -0.2) is 13.2 Å². The third kappa shape index (κ3) is 3.97. The highest BCUT2D eigenvalue weighted by Gasteiger charge is 2.60. The standard InChI is InChI=1S/C25H26F3NO2/c26-19-3-1-2-16(12-19)17-4-5-20(29-15-17)6-7-22-21-8-11-25(27,28)14-18(21)13-24(22)10-9-23(30)31-24/h1-5,12,15,18,21-22H,6-11,13-14H2/t18-,21-,22+,24?/m1/s1. The molecule has 2 heterocycles. The quantitative estimate of drug-likeness (QED) is 0.563. The van der Waals surface area contributed by atoms with E-state index in [0.29, 0.717) is 32.1 Å². The Kier molecular flexibility index (Phi) is 5.06. The maximum atomic E-state index is 14.0. The Morgan fingerprint density at radius 2 is 1.97 bits per heavy atom. The van der Waals surface area contributed by atoms with Crippen molar-refractivity contribution in [1.82, 2.24) is 4.98 Å². The molecule has 3 aliphatic rings. The summed E-state index contributed by atoms with van der Waals surface area (Å²) in [5.74, 6) is -2.89. The Hall–Kier alpha value is -2.37. The van der Waals surface area contributed by atoms with Crippen LogP contribution in [0.2, 0.25) is 0 Å². The minimum absolute atomic E-state index is 0.0741. The monoisotopic (exact) mass is 429 g/mol. The molecule has 0 N–H and O–H groups in total. The van der Waals surface area contributed by atoms with E-state index in [1.807, 2.05) is 18.2 Å². The van der Waals surface area contributed by atoms with Crippen LogP contribution in [0.4, 0.5) is 13.2 Å². The highest BCUT2D eigenvalue weighted by atomic mass is 19.3. The molecule has 0 bridgehead atoms. The normalized spacial score (nSPS) is 31.6. The maximum Gasteiger partial charge on any atom is 0.306 e. The summed E-state index contributed by atoms with van der Waals surface area (Å²) in [6.45, 7) is 0. The van der Waals surface area contributed by atoms with Gasteiger partial charge in [0.05, 0.1) is 0 Å². The predicted octanol–water partition coefficient (Wildman–Crippen LogP) is 5.97. The Morgan fingerprint density at radius 1 is 1.10 bits per heavy atom. The van der Waals surface area contributed by atoms with Gasteiger partial charge in [0.15, 0.2) is 0 Å². The van der Waals surface area contributed by atoms with Crippen LogP contribution < -0.4 is 0 Å². The van der Waals surface area contributed by atoms with E-state index in [9.17, 15) is 18.0 Å².